The van der Waals surface area contributed by atoms with E-state index in [2.05, 4.69) is 50.8 Å². The van der Waals surface area contributed by atoms with Gasteiger partial charge in [-0.25, -0.2) is 0 Å². The molecule has 2 fully saturated rings. The van der Waals surface area contributed by atoms with Crippen LogP contribution in [-0.4, -0.2) is 68.3 Å². The summed E-state index contributed by atoms with van der Waals surface area (Å²) >= 11 is 0. The number of para-hydroxylation sites is 1. The van der Waals surface area contributed by atoms with Crippen LogP contribution in [0.15, 0.2) is 66.9 Å². The van der Waals surface area contributed by atoms with E-state index in [-0.39, 0.29) is 18.4 Å². The molecule has 172 valence electrons. The van der Waals surface area contributed by atoms with E-state index in [4.69, 9.17) is 0 Å². The number of pyridine rings is 1. The zero-order valence-corrected chi connectivity index (χ0v) is 19.2. The number of fused-ring (bicyclic) bond motifs is 3. The molecule has 2 aromatic carbocycles. The van der Waals surface area contributed by atoms with Gasteiger partial charge in [0.2, 0.25) is 11.8 Å². The molecular formula is C27H27N5O2. The van der Waals surface area contributed by atoms with Crippen molar-refractivity contribution < 1.29 is 9.59 Å². The summed E-state index contributed by atoms with van der Waals surface area (Å²) < 4.78 is 2.11. The number of nitrogens with zero attached hydrogens (tertiary/aromatic N) is 5. The van der Waals surface area contributed by atoms with Gasteiger partial charge in [-0.05, 0) is 41.3 Å². The van der Waals surface area contributed by atoms with Crippen LogP contribution in [0, 0.1) is 0 Å². The van der Waals surface area contributed by atoms with Crippen LogP contribution >= 0.6 is 0 Å². The van der Waals surface area contributed by atoms with E-state index < -0.39 is 6.04 Å². The Morgan fingerprint density at radius 2 is 1.79 bits per heavy atom. The molecule has 0 N–H and O–H groups in total. The predicted octanol–water partition coefficient (Wildman–Crippen LogP) is 2.78. The second-order valence-electron chi connectivity index (χ2n) is 9.32. The van der Waals surface area contributed by atoms with Crippen molar-refractivity contribution in [2.45, 2.75) is 19.1 Å². The number of carbonyl (C=O) groups is 2. The molecule has 0 radical (unpaired) electrons. The molecule has 7 nitrogen and oxygen atoms in total. The standard InChI is InChI=1S/C27H27N5O2/c1-29-22(14-21-5-2-3-7-24(21)29)16-31-18-26(33)32-12-11-30(17-25(32)27(31)34)15-19-8-9-23-20(13-19)6-4-10-28-23/h2-10,13-14,25H,11-12,15-18H2,1H3. The summed E-state index contributed by atoms with van der Waals surface area (Å²) in [6, 6.07) is 20.2. The maximum atomic E-state index is 13.5. The molecule has 1 atom stereocenters. The summed E-state index contributed by atoms with van der Waals surface area (Å²) in [6.07, 6.45) is 1.80. The zero-order valence-electron chi connectivity index (χ0n) is 19.2. The molecule has 2 aliphatic rings. The van der Waals surface area contributed by atoms with Crippen molar-refractivity contribution in [2.75, 3.05) is 26.2 Å². The first-order chi connectivity index (χ1) is 16.6. The molecule has 4 aromatic rings. The molecule has 0 aliphatic carbocycles. The summed E-state index contributed by atoms with van der Waals surface area (Å²) in [5.41, 5.74) is 4.33. The molecule has 7 heteroatoms. The van der Waals surface area contributed by atoms with Crippen molar-refractivity contribution in [3.05, 3.63) is 78.1 Å². The number of aryl methyl sites for hydroxylation is 1. The van der Waals surface area contributed by atoms with E-state index in [1.807, 2.05) is 31.3 Å². The minimum absolute atomic E-state index is 0.0391. The highest BCUT2D eigenvalue weighted by atomic mass is 16.2. The molecule has 34 heavy (non-hydrogen) atoms. The molecule has 2 saturated heterocycles. The van der Waals surface area contributed by atoms with Crippen LogP contribution < -0.4 is 0 Å². The minimum atomic E-state index is -0.424. The van der Waals surface area contributed by atoms with E-state index in [1.165, 1.54) is 5.56 Å². The van der Waals surface area contributed by atoms with Crippen molar-refractivity contribution in [2.24, 2.45) is 7.05 Å². The lowest BCUT2D eigenvalue weighted by Crippen LogP contribution is -2.66. The Balaban J connectivity index is 1.19. The number of hydrogen-bond donors (Lipinski definition) is 0. The number of hydrogen-bond acceptors (Lipinski definition) is 4. The fourth-order valence-corrected chi connectivity index (χ4v) is 5.34. The lowest BCUT2D eigenvalue weighted by molar-refractivity contribution is -0.160. The van der Waals surface area contributed by atoms with Crippen LogP contribution in [0.2, 0.25) is 0 Å². The Morgan fingerprint density at radius 3 is 2.68 bits per heavy atom. The monoisotopic (exact) mass is 453 g/mol. The number of benzene rings is 2. The number of rotatable bonds is 4. The van der Waals surface area contributed by atoms with Gasteiger partial charge in [0.1, 0.15) is 12.6 Å². The van der Waals surface area contributed by atoms with Crippen molar-refractivity contribution in [3.63, 3.8) is 0 Å². The van der Waals surface area contributed by atoms with Gasteiger partial charge in [-0.1, -0.05) is 30.3 Å². The SMILES string of the molecule is Cn1c(CN2CC(=O)N3CCN(Cc4ccc5ncccc5c4)CC3C2=O)cc2ccccc21. The average Bonchev–Trinajstić information content (AvgIpc) is 3.17. The van der Waals surface area contributed by atoms with Gasteiger partial charge in [-0.3, -0.25) is 19.5 Å². The second kappa shape index (κ2) is 8.25. The number of amides is 2. The highest BCUT2D eigenvalue weighted by Gasteiger charge is 2.42. The van der Waals surface area contributed by atoms with Crippen molar-refractivity contribution >= 4 is 33.6 Å². The number of carbonyl (C=O) groups excluding carboxylic acids is 2. The lowest BCUT2D eigenvalue weighted by Gasteiger charge is -2.46. The van der Waals surface area contributed by atoms with Gasteiger partial charge in [0.05, 0.1) is 12.1 Å². The topological polar surface area (TPSA) is 61.7 Å². The Hall–Kier alpha value is -3.71. The summed E-state index contributed by atoms with van der Waals surface area (Å²) in [7, 11) is 2.02. The fourth-order valence-electron chi connectivity index (χ4n) is 5.34. The van der Waals surface area contributed by atoms with E-state index >= 15 is 0 Å². The Morgan fingerprint density at radius 1 is 0.941 bits per heavy atom. The van der Waals surface area contributed by atoms with Gasteiger partial charge >= 0.3 is 0 Å². The third kappa shape index (κ3) is 3.62. The Labute approximate surface area is 198 Å². The quantitative estimate of drug-likeness (QED) is 0.477. The normalized spacial score (nSPS) is 19.3. The largest absolute Gasteiger partial charge is 0.346 e. The first-order valence-electron chi connectivity index (χ1n) is 11.7. The van der Waals surface area contributed by atoms with E-state index in [0.717, 1.165) is 40.6 Å². The molecule has 2 aliphatic heterocycles. The summed E-state index contributed by atoms with van der Waals surface area (Å²) in [4.78, 5) is 36.6. The summed E-state index contributed by atoms with van der Waals surface area (Å²) in [5.74, 6) is 0.0806. The second-order valence-corrected chi connectivity index (χ2v) is 9.32. The number of aromatic nitrogens is 2. The highest BCUT2D eigenvalue weighted by Crippen LogP contribution is 2.24. The molecular weight excluding hydrogens is 426 g/mol. The smallest absolute Gasteiger partial charge is 0.247 e. The van der Waals surface area contributed by atoms with Crippen LogP contribution in [0.4, 0.5) is 0 Å². The highest BCUT2D eigenvalue weighted by molar-refractivity contribution is 5.95. The predicted molar refractivity (Wildman–Crippen MR) is 131 cm³/mol. The third-order valence-corrected chi connectivity index (χ3v) is 7.19. The van der Waals surface area contributed by atoms with Crippen LogP contribution in [-0.2, 0) is 29.7 Å². The fraction of sp³-hybridized carbons (Fsp3) is 0.296. The van der Waals surface area contributed by atoms with Gasteiger partial charge < -0.3 is 14.4 Å². The maximum absolute atomic E-state index is 13.5. The molecule has 2 amide bonds. The summed E-state index contributed by atoms with van der Waals surface area (Å²) in [6.45, 7) is 3.25. The third-order valence-electron chi connectivity index (χ3n) is 7.19. The lowest BCUT2D eigenvalue weighted by atomic mass is 10.0. The molecule has 4 heterocycles. The van der Waals surface area contributed by atoms with Crippen molar-refractivity contribution in [1.82, 2.24) is 24.3 Å². The molecule has 0 bridgehead atoms. The summed E-state index contributed by atoms with van der Waals surface area (Å²) in [5, 5.41) is 2.26. The average molecular weight is 454 g/mol. The Bertz CT molecular complexity index is 1410. The van der Waals surface area contributed by atoms with E-state index in [9.17, 15) is 9.59 Å². The van der Waals surface area contributed by atoms with Crippen LogP contribution in [0.1, 0.15) is 11.3 Å². The maximum Gasteiger partial charge on any atom is 0.247 e. The van der Waals surface area contributed by atoms with E-state index in [1.54, 1.807) is 16.0 Å². The van der Waals surface area contributed by atoms with E-state index in [0.29, 0.717) is 19.6 Å². The van der Waals surface area contributed by atoms with Gasteiger partial charge in [-0.15, -0.1) is 0 Å². The van der Waals surface area contributed by atoms with Gasteiger partial charge in [0.15, 0.2) is 0 Å². The van der Waals surface area contributed by atoms with Crippen LogP contribution in [0.25, 0.3) is 21.8 Å². The molecule has 0 spiro atoms. The van der Waals surface area contributed by atoms with Gasteiger partial charge in [0, 0.05) is 56.0 Å². The Kier molecular flexibility index (Phi) is 5.07. The van der Waals surface area contributed by atoms with Crippen molar-refractivity contribution in [1.29, 1.82) is 0 Å². The minimum Gasteiger partial charge on any atom is -0.346 e. The first-order valence-corrected chi connectivity index (χ1v) is 11.7. The first kappa shape index (κ1) is 20.9. The van der Waals surface area contributed by atoms with Crippen LogP contribution in [0.5, 0.6) is 0 Å². The molecule has 0 saturated carbocycles. The molecule has 2 aromatic heterocycles. The van der Waals surface area contributed by atoms with Gasteiger partial charge in [-0.2, -0.15) is 0 Å². The zero-order chi connectivity index (χ0) is 23.2. The molecule has 1 unspecified atom stereocenters. The van der Waals surface area contributed by atoms with Crippen molar-refractivity contribution in [3.8, 4) is 0 Å². The molecule has 6 rings (SSSR count). The van der Waals surface area contributed by atoms with Gasteiger partial charge in [0.25, 0.3) is 0 Å². The number of piperazine rings is 2. The van der Waals surface area contributed by atoms with Crippen LogP contribution in [0.3, 0.4) is 0 Å².